The zero-order chi connectivity index (χ0) is 30.6. The van der Waals surface area contributed by atoms with Gasteiger partial charge in [-0.25, -0.2) is 18.2 Å². The molecular weight excluding hydrogens is 541 g/mol. The molecule has 0 aliphatic rings. The predicted molar refractivity (Wildman–Crippen MR) is 151 cm³/mol. The number of pyridine rings is 2. The molecular formula is C28H33F3N6O4. The summed E-state index contributed by atoms with van der Waals surface area (Å²) in [6, 6.07) is 9.88. The third-order valence-electron chi connectivity index (χ3n) is 5.03. The molecule has 0 aliphatic carbocycles. The van der Waals surface area contributed by atoms with E-state index >= 15 is 0 Å². The lowest BCUT2D eigenvalue weighted by atomic mass is 9.93. The Morgan fingerprint density at radius 3 is 2.41 bits per heavy atom. The number of nitrogens with two attached hydrogens (primary N) is 1. The molecule has 10 nitrogen and oxygen atoms in total. The quantitative estimate of drug-likeness (QED) is 0.215. The van der Waals surface area contributed by atoms with Gasteiger partial charge < -0.3 is 30.9 Å². The minimum Gasteiger partial charge on any atom is -0.405 e. The number of halogens is 3. The van der Waals surface area contributed by atoms with Crippen LogP contribution >= 0.6 is 0 Å². The molecule has 0 saturated heterocycles. The van der Waals surface area contributed by atoms with Gasteiger partial charge in [0.25, 0.3) is 11.5 Å². The third-order valence-corrected chi connectivity index (χ3v) is 5.03. The molecule has 0 radical (unpaired) electrons. The molecule has 1 aromatic carbocycles. The lowest BCUT2D eigenvalue weighted by Crippen LogP contribution is -2.31. The Kier molecular flexibility index (Phi) is 16.1. The lowest BCUT2D eigenvalue weighted by Gasteiger charge is -2.16. The molecule has 0 spiro atoms. The summed E-state index contributed by atoms with van der Waals surface area (Å²) in [4.78, 5) is 43.4. The number of anilines is 1. The van der Waals surface area contributed by atoms with Gasteiger partial charge in [-0.05, 0) is 55.1 Å². The molecule has 2 aromatic heterocycles. The fraction of sp³-hybridized carbons (Fsp3) is 0.250. The van der Waals surface area contributed by atoms with Crippen LogP contribution in [0, 0.1) is 17.5 Å². The molecule has 13 heteroatoms. The van der Waals surface area contributed by atoms with E-state index in [1.807, 2.05) is 6.07 Å². The van der Waals surface area contributed by atoms with E-state index < -0.39 is 23.4 Å². The van der Waals surface area contributed by atoms with Crippen molar-refractivity contribution in [3.8, 4) is 0 Å². The highest BCUT2D eigenvalue weighted by Crippen LogP contribution is 2.24. The topological polar surface area (TPSA) is 152 Å². The Hall–Kier alpha value is -4.78. The van der Waals surface area contributed by atoms with E-state index in [9.17, 15) is 27.6 Å². The van der Waals surface area contributed by atoms with E-state index in [-0.39, 0.29) is 30.3 Å². The zero-order valence-corrected chi connectivity index (χ0v) is 22.9. The van der Waals surface area contributed by atoms with Crippen LogP contribution in [-0.2, 0) is 14.3 Å². The first-order chi connectivity index (χ1) is 19.7. The molecule has 0 fully saturated rings. The first-order valence-corrected chi connectivity index (χ1v) is 12.3. The first kappa shape index (κ1) is 34.2. The molecule has 0 aliphatic heterocycles. The number of methoxy groups -OCH3 is 1. The highest BCUT2D eigenvalue weighted by Gasteiger charge is 2.19. The number of nitrogens with one attached hydrogen (secondary N) is 3. The highest BCUT2D eigenvalue weighted by molar-refractivity contribution is 6.43. The van der Waals surface area contributed by atoms with Crippen molar-refractivity contribution in [2.45, 2.75) is 12.8 Å². The molecule has 220 valence electrons. The smallest absolute Gasteiger partial charge is 0.269 e. The van der Waals surface area contributed by atoms with Gasteiger partial charge in [-0.2, -0.15) is 0 Å². The van der Waals surface area contributed by atoms with Crippen molar-refractivity contribution in [1.29, 1.82) is 0 Å². The summed E-state index contributed by atoms with van der Waals surface area (Å²) >= 11 is 0. The molecule has 3 rings (SSSR count). The Morgan fingerprint density at radius 2 is 1.88 bits per heavy atom. The largest absolute Gasteiger partial charge is 0.405 e. The number of hydrogen-bond donors (Lipinski definition) is 4. The van der Waals surface area contributed by atoms with Crippen molar-refractivity contribution in [3.63, 3.8) is 0 Å². The molecule has 1 unspecified atom stereocenters. The maximum Gasteiger partial charge on any atom is 0.269 e. The van der Waals surface area contributed by atoms with Gasteiger partial charge in [0.2, 0.25) is 0 Å². The van der Waals surface area contributed by atoms with Crippen LogP contribution in [0.2, 0.25) is 0 Å². The summed E-state index contributed by atoms with van der Waals surface area (Å²) in [7, 11) is 3.30. The van der Waals surface area contributed by atoms with Crippen LogP contribution in [0.25, 0.3) is 0 Å². The number of carbonyl (C=O) groups excluding carboxylic acids is 2. The van der Waals surface area contributed by atoms with Crippen LogP contribution in [0.1, 0.15) is 24.0 Å². The molecule has 1 amide bonds. The van der Waals surface area contributed by atoms with E-state index in [1.54, 1.807) is 33.3 Å². The van der Waals surface area contributed by atoms with Crippen LogP contribution in [0.5, 0.6) is 0 Å². The summed E-state index contributed by atoms with van der Waals surface area (Å²) in [6.45, 7) is 2.56. The number of benzene rings is 1. The number of aliphatic imine (C=N–C) groups is 1. The molecule has 0 bridgehead atoms. The van der Waals surface area contributed by atoms with Gasteiger partial charge in [-0.15, -0.1) is 0 Å². The van der Waals surface area contributed by atoms with E-state index in [4.69, 9.17) is 10.5 Å². The average Bonchev–Trinajstić information content (AvgIpc) is 2.98. The number of H-pyrrole nitrogens is 1. The fourth-order valence-corrected chi connectivity index (χ4v) is 3.19. The number of carbonyl (C=O) groups is 2. The molecule has 1 atom stereocenters. The fourth-order valence-electron chi connectivity index (χ4n) is 3.19. The van der Waals surface area contributed by atoms with Crippen molar-refractivity contribution >= 4 is 23.7 Å². The average molecular weight is 575 g/mol. The highest BCUT2D eigenvalue weighted by atomic mass is 19.2. The van der Waals surface area contributed by atoms with E-state index in [0.29, 0.717) is 24.2 Å². The number of aromatic amines is 1. The molecule has 3 aromatic rings. The van der Waals surface area contributed by atoms with Gasteiger partial charge in [0.05, 0.1) is 13.2 Å². The van der Waals surface area contributed by atoms with Crippen LogP contribution in [0.3, 0.4) is 0 Å². The molecule has 5 N–H and O–H groups in total. The van der Waals surface area contributed by atoms with Gasteiger partial charge >= 0.3 is 0 Å². The van der Waals surface area contributed by atoms with Crippen molar-refractivity contribution in [1.82, 2.24) is 15.3 Å². The van der Waals surface area contributed by atoms with Gasteiger partial charge in [0, 0.05) is 44.6 Å². The minimum atomic E-state index is -0.799. The van der Waals surface area contributed by atoms with Gasteiger partial charge in [-0.3, -0.25) is 14.6 Å². The maximum absolute atomic E-state index is 13.4. The lowest BCUT2D eigenvalue weighted by molar-refractivity contribution is -0.116. The Balaban J connectivity index is 0.000000343. The SMILES string of the molecule is CCN=C(/C=C\N)C(=O)NCC=O.CNc1cc(C(COC)c2cc(F)c[nH]c2=O)ccn1.Fc1ccccc1F. The van der Waals surface area contributed by atoms with Gasteiger partial charge in [0.15, 0.2) is 11.6 Å². The Bertz CT molecular complexity index is 1340. The summed E-state index contributed by atoms with van der Waals surface area (Å²) in [5.41, 5.74) is 6.19. The van der Waals surface area contributed by atoms with Crippen LogP contribution in [-0.4, -0.2) is 61.7 Å². The second kappa shape index (κ2) is 19.3. The van der Waals surface area contributed by atoms with E-state index in [2.05, 4.69) is 25.6 Å². The molecule has 0 saturated carbocycles. The van der Waals surface area contributed by atoms with Gasteiger partial charge in [-0.1, -0.05) is 12.1 Å². The van der Waals surface area contributed by atoms with Crippen molar-refractivity contribution < 1.29 is 27.5 Å². The monoisotopic (exact) mass is 574 g/mol. The number of aldehydes is 1. The Labute approximate surface area is 235 Å². The Morgan fingerprint density at radius 1 is 1.20 bits per heavy atom. The molecule has 41 heavy (non-hydrogen) atoms. The summed E-state index contributed by atoms with van der Waals surface area (Å²) < 4.78 is 42.4. The first-order valence-electron chi connectivity index (χ1n) is 12.3. The van der Waals surface area contributed by atoms with E-state index in [0.717, 1.165) is 23.9 Å². The second-order valence-electron chi connectivity index (χ2n) is 7.84. The maximum atomic E-state index is 13.4. The number of ether oxygens (including phenoxy) is 1. The molecule has 2 heterocycles. The minimum absolute atomic E-state index is 0.0139. The van der Waals surface area contributed by atoms with Gasteiger partial charge in [0.1, 0.15) is 23.6 Å². The number of nitrogens with zero attached hydrogens (tertiary/aromatic N) is 2. The summed E-state index contributed by atoms with van der Waals surface area (Å²) in [5, 5.41) is 5.29. The summed E-state index contributed by atoms with van der Waals surface area (Å²) in [5.74, 6) is -2.15. The van der Waals surface area contributed by atoms with Crippen molar-refractivity contribution in [2.75, 3.05) is 39.2 Å². The number of amides is 1. The predicted octanol–water partition coefficient (Wildman–Crippen LogP) is 2.93. The number of hydrogen-bond acceptors (Lipinski definition) is 8. The number of rotatable bonds is 10. The van der Waals surface area contributed by atoms with Crippen LogP contribution in [0.15, 0.2) is 76.9 Å². The third kappa shape index (κ3) is 12.3. The second-order valence-corrected chi connectivity index (χ2v) is 7.84. The van der Waals surface area contributed by atoms with E-state index in [1.165, 1.54) is 30.5 Å². The normalized spacial score (nSPS) is 11.4. The standard InChI is InChI=1S/C14H16FN3O2.C8H13N3O2.C6H4F2/c1-16-13-5-9(3-4-17-13)12(8-20-2)11-6-10(15)7-18-14(11)19;1-2-10-7(3-4-9)8(13)11-5-6-12;7-5-3-1-2-4-6(5)8/h3-7,12H,8H2,1-2H3,(H,16,17)(H,18,19);3-4,6H,2,5,9H2,1H3,(H,11,13);1-4H/b;4-3-,10-7?;. The van der Waals surface area contributed by atoms with Crippen molar-refractivity contribution in [2.24, 2.45) is 10.7 Å². The number of aromatic nitrogens is 2. The van der Waals surface area contributed by atoms with Crippen LogP contribution < -0.4 is 21.9 Å². The summed E-state index contributed by atoms with van der Waals surface area (Å²) in [6.07, 6.45) is 5.91. The van der Waals surface area contributed by atoms with Crippen molar-refractivity contribution in [3.05, 3.63) is 106 Å². The zero-order valence-electron chi connectivity index (χ0n) is 22.9. The van der Waals surface area contributed by atoms with Crippen LogP contribution in [0.4, 0.5) is 19.0 Å².